The number of carbonyl (C=O) groups excluding carboxylic acids is 1. The topological polar surface area (TPSA) is 46.9 Å². The number of nitrogens with zero attached hydrogens (tertiary/aromatic N) is 2. The zero-order chi connectivity index (χ0) is 13.3. The summed E-state index contributed by atoms with van der Waals surface area (Å²) >= 11 is 0. The molecule has 0 aliphatic carbocycles. The van der Waals surface area contributed by atoms with E-state index in [0.29, 0.717) is 5.56 Å². The molecule has 0 saturated carbocycles. The Morgan fingerprint density at radius 3 is 2.61 bits per heavy atom. The minimum atomic E-state index is -0.0905. The van der Waals surface area contributed by atoms with E-state index >= 15 is 0 Å². The Bertz CT molecular complexity index is 599. The molecule has 0 radical (unpaired) electrons. The van der Waals surface area contributed by atoms with Crippen molar-refractivity contribution in [3.05, 3.63) is 46.8 Å². The highest BCUT2D eigenvalue weighted by molar-refractivity contribution is 6.05. The molecule has 94 valence electrons. The second-order valence-electron chi connectivity index (χ2n) is 4.57. The van der Waals surface area contributed by atoms with Crippen LogP contribution in [-0.2, 0) is 7.05 Å². The van der Waals surface area contributed by atoms with E-state index in [2.05, 4.69) is 10.4 Å². The van der Waals surface area contributed by atoms with Crippen molar-refractivity contribution in [2.45, 2.75) is 20.8 Å². The van der Waals surface area contributed by atoms with Crippen molar-refractivity contribution in [2.75, 3.05) is 5.32 Å². The maximum Gasteiger partial charge on any atom is 0.256 e. The number of nitrogens with one attached hydrogen (secondary N) is 1. The first-order valence-electron chi connectivity index (χ1n) is 5.86. The molecule has 2 aromatic rings. The number of aryl methyl sites for hydroxylation is 4. The Labute approximate surface area is 107 Å². The molecule has 0 aliphatic rings. The highest BCUT2D eigenvalue weighted by Gasteiger charge is 2.12. The molecule has 0 spiro atoms. The van der Waals surface area contributed by atoms with Gasteiger partial charge >= 0.3 is 0 Å². The quantitative estimate of drug-likeness (QED) is 0.881. The third kappa shape index (κ3) is 2.42. The largest absolute Gasteiger partial charge is 0.319 e. The van der Waals surface area contributed by atoms with Crippen molar-refractivity contribution >= 4 is 11.6 Å². The van der Waals surface area contributed by atoms with Gasteiger partial charge in [0, 0.05) is 18.8 Å². The van der Waals surface area contributed by atoms with Crippen molar-refractivity contribution in [1.82, 2.24) is 9.78 Å². The molecule has 0 fully saturated rings. The van der Waals surface area contributed by atoms with Gasteiger partial charge in [0.25, 0.3) is 5.91 Å². The number of anilines is 1. The Hall–Kier alpha value is -2.10. The van der Waals surface area contributed by atoms with Gasteiger partial charge in [-0.1, -0.05) is 17.7 Å². The summed E-state index contributed by atoms with van der Waals surface area (Å²) in [6.07, 6.45) is 1.80. The number of hydrogen-bond acceptors (Lipinski definition) is 2. The summed E-state index contributed by atoms with van der Waals surface area (Å²) < 4.78 is 1.69. The Balaban J connectivity index is 2.27. The lowest BCUT2D eigenvalue weighted by Gasteiger charge is -2.07. The maximum absolute atomic E-state index is 12.2. The second kappa shape index (κ2) is 4.64. The number of aromatic nitrogens is 2. The van der Waals surface area contributed by atoms with Crippen molar-refractivity contribution in [3.8, 4) is 0 Å². The molecular formula is C14H17N3O. The number of carbonyl (C=O) groups is 1. The molecule has 1 heterocycles. The molecule has 0 bridgehead atoms. The average molecular weight is 243 g/mol. The molecule has 1 N–H and O–H groups in total. The van der Waals surface area contributed by atoms with Crippen LogP contribution in [-0.4, -0.2) is 15.7 Å². The second-order valence-corrected chi connectivity index (χ2v) is 4.57. The van der Waals surface area contributed by atoms with Gasteiger partial charge in [0.15, 0.2) is 0 Å². The third-order valence-corrected chi connectivity index (χ3v) is 2.90. The highest BCUT2D eigenvalue weighted by atomic mass is 16.1. The first-order chi connectivity index (χ1) is 8.47. The zero-order valence-corrected chi connectivity index (χ0v) is 11.1. The van der Waals surface area contributed by atoms with Crippen LogP contribution in [0, 0.1) is 20.8 Å². The van der Waals surface area contributed by atoms with Gasteiger partial charge in [-0.3, -0.25) is 9.48 Å². The molecule has 1 amide bonds. The van der Waals surface area contributed by atoms with Crippen LogP contribution in [0.1, 0.15) is 27.2 Å². The van der Waals surface area contributed by atoms with Crippen LogP contribution in [0.15, 0.2) is 24.4 Å². The van der Waals surface area contributed by atoms with Gasteiger partial charge < -0.3 is 5.32 Å². The smallest absolute Gasteiger partial charge is 0.256 e. The summed E-state index contributed by atoms with van der Waals surface area (Å²) in [5, 5.41) is 7.09. The predicted molar refractivity (Wildman–Crippen MR) is 71.8 cm³/mol. The van der Waals surface area contributed by atoms with E-state index in [1.165, 1.54) is 0 Å². The molecular weight excluding hydrogens is 226 g/mol. The van der Waals surface area contributed by atoms with Crippen LogP contribution in [0.4, 0.5) is 5.69 Å². The highest BCUT2D eigenvalue weighted by Crippen LogP contribution is 2.16. The Morgan fingerprint density at radius 1 is 1.28 bits per heavy atom. The lowest BCUT2D eigenvalue weighted by molar-refractivity contribution is 0.102. The number of rotatable bonds is 2. The fraction of sp³-hybridized carbons (Fsp3) is 0.286. The molecule has 2 rings (SSSR count). The van der Waals surface area contributed by atoms with Gasteiger partial charge in [-0.25, -0.2) is 0 Å². The van der Waals surface area contributed by atoms with E-state index < -0.39 is 0 Å². The Morgan fingerprint density at radius 2 is 2.00 bits per heavy atom. The van der Waals surface area contributed by atoms with Crippen molar-refractivity contribution in [2.24, 2.45) is 7.05 Å². The summed E-state index contributed by atoms with van der Waals surface area (Å²) in [5.41, 5.74) is 4.33. The third-order valence-electron chi connectivity index (χ3n) is 2.90. The Kier molecular flexibility index (Phi) is 3.19. The molecule has 0 aliphatic heterocycles. The van der Waals surface area contributed by atoms with E-state index in [1.807, 2.05) is 46.0 Å². The van der Waals surface area contributed by atoms with Gasteiger partial charge in [0.2, 0.25) is 0 Å². The SMILES string of the molecule is Cc1ccc(C)c(C(=O)Nc2cn(C)nc2C)c1. The normalized spacial score (nSPS) is 10.4. The minimum absolute atomic E-state index is 0.0905. The van der Waals surface area contributed by atoms with Crippen LogP contribution in [0.25, 0.3) is 0 Å². The van der Waals surface area contributed by atoms with Gasteiger partial charge in [-0.15, -0.1) is 0 Å². The first-order valence-corrected chi connectivity index (χ1v) is 5.86. The molecule has 0 atom stereocenters. The molecule has 0 unspecified atom stereocenters. The summed E-state index contributed by atoms with van der Waals surface area (Å²) in [6.45, 7) is 5.79. The van der Waals surface area contributed by atoms with Gasteiger partial charge in [-0.05, 0) is 32.4 Å². The molecule has 0 saturated heterocycles. The number of benzene rings is 1. The van der Waals surface area contributed by atoms with Gasteiger partial charge in [0.05, 0.1) is 11.4 Å². The van der Waals surface area contributed by atoms with E-state index in [0.717, 1.165) is 22.5 Å². The molecule has 1 aromatic carbocycles. The maximum atomic E-state index is 12.2. The zero-order valence-electron chi connectivity index (χ0n) is 11.1. The van der Waals surface area contributed by atoms with Crippen LogP contribution in [0.3, 0.4) is 0 Å². The van der Waals surface area contributed by atoms with Crippen LogP contribution >= 0.6 is 0 Å². The van der Waals surface area contributed by atoms with Gasteiger partial charge in [-0.2, -0.15) is 5.10 Å². The van der Waals surface area contributed by atoms with Crippen molar-refractivity contribution < 1.29 is 4.79 Å². The van der Waals surface area contributed by atoms with E-state index in [4.69, 9.17) is 0 Å². The first kappa shape index (κ1) is 12.4. The molecule has 18 heavy (non-hydrogen) atoms. The summed E-state index contributed by atoms with van der Waals surface area (Å²) in [7, 11) is 1.83. The summed E-state index contributed by atoms with van der Waals surface area (Å²) in [6, 6.07) is 5.86. The standard InChI is InChI=1S/C14H17N3O/c1-9-5-6-10(2)12(7-9)14(18)15-13-8-17(4)16-11(13)3/h5-8H,1-4H3,(H,15,18). The summed E-state index contributed by atoms with van der Waals surface area (Å²) in [4.78, 5) is 12.2. The van der Waals surface area contributed by atoms with Crippen LogP contribution in [0.2, 0.25) is 0 Å². The minimum Gasteiger partial charge on any atom is -0.319 e. The monoisotopic (exact) mass is 243 g/mol. The fourth-order valence-corrected chi connectivity index (χ4v) is 1.89. The number of amides is 1. The number of hydrogen-bond donors (Lipinski definition) is 1. The van der Waals surface area contributed by atoms with E-state index in [9.17, 15) is 4.79 Å². The van der Waals surface area contributed by atoms with Crippen molar-refractivity contribution in [3.63, 3.8) is 0 Å². The van der Waals surface area contributed by atoms with Crippen LogP contribution in [0.5, 0.6) is 0 Å². The van der Waals surface area contributed by atoms with Crippen molar-refractivity contribution in [1.29, 1.82) is 0 Å². The molecule has 4 heteroatoms. The van der Waals surface area contributed by atoms with Gasteiger partial charge in [0.1, 0.15) is 0 Å². The predicted octanol–water partition coefficient (Wildman–Crippen LogP) is 2.60. The van der Waals surface area contributed by atoms with E-state index in [1.54, 1.807) is 10.9 Å². The van der Waals surface area contributed by atoms with Crippen LogP contribution < -0.4 is 5.32 Å². The lowest BCUT2D eigenvalue weighted by Crippen LogP contribution is -2.13. The summed E-state index contributed by atoms with van der Waals surface area (Å²) in [5.74, 6) is -0.0905. The molecule has 4 nitrogen and oxygen atoms in total. The lowest BCUT2D eigenvalue weighted by atomic mass is 10.1. The molecule has 1 aromatic heterocycles. The fourth-order valence-electron chi connectivity index (χ4n) is 1.89. The average Bonchev–Trinajstić information content (AvgIpc) is 2.61. The van der Waals surface area contributed by atoms with E-state index in [-0.39, 0.29) is 5.91 Å².